The molecule has 4 nitrogen and oxygen atoms in total. The average Bonchev–Trinajstić information content (AvgIpc) is 3.15. The maximum Gasteiger partial charge on any atom is 0.253 e. The van der Waals surface area contributed by atoms with Gasteiger partial charge in [-0.3, -0.25) is 4.79 Å². The van der Waals surface area contributed by atoms with Crippen LogP contribution in [-0.2, 0) is 0 Å². The van der Waals surface area contributed by atoms with Gasteiger partial charge in [-0.15, -0.1) is 0 Å². The first-order valence-electron chi connectivity index (χ1n) is 6.22. The molecular formula is C14H19NO3. The molecule has 0 aromatic heterocycles. The maximum atomic E-state index is 12.1. The molecule has 1 aliphatic rings. The summed E-state index contributed by atoms with van der Waals surface area (Å²) in [6.45, 7) is 2.13. The van der Waals surface area contributed by atoms with Crippen molar-refractivity contribution >= 4 is 5.91 Å². The lowest BCUT2D eigenvalue weighted by Gasteiger charge is -2.21. The Bertz CT molecular complexity index is 454. The van der Waals surface area contributed by atoms with Gasteiger partial charge in [0.05, 0.1) is 6.10 Å². The van der Waals surface area contributed by atoms with Crippen LogP contribution in [0.2, 0.25) is 0 Å². The van der Waals surface area contributed by atoms with Gasteiger partial charge in [0.25, 0.3) is 5.91 Å². The Labute approximate surface area is 107 Å². The van der Waals surface area contributed by atoms with E-state index in [0.717, 1.165) is 18.4 Å². The van der Waals surface area contributed by atoms with Crippen molar-refractivity contribution in [3.05, 3.63) is 29.3 Å². The van der Waals surface area contributed by atoms with Crippen molar-refractivity contribution < 1.29 is 15.0 Å². The number of hydrogen-bond acceptors (Lipinski definition) is 3. The molecule has 2 N–H and O–H groups in total. The summed E-state index contributed by atoms with van der Waals surface area (Å²) >= 11 is 0. The highest BCUT2D eigenvalue weighted by molar-refractivity contribution is 5.94. The van der Waals surface area contributed by atoms with Gasteiger partial charge in [-0.05, 0) is 43.4 Å². The molecule has 1 saturated carbocycles. The SMILES string of the molecule is Cc1ccc(C(=O)N(C)CC(O)C2CC2)cc1O. The van der Waals surface area contributed by atoms with Crippen LogP contribution in [0.5, 0.6) is 5.75 Å². The number of phenols is 1. The Morgan fingerprint density at radius 2 is 2.17 bits per heavy atom. The molecule has 1 fully saturated rings. The van der Waals surface area contributed by atoms with Crippen LogP contribution in [-0.4, -0.2) is 40.7 Å². The standard InChI is InChI=1S/C14H19NO3/c1-9-3-4-11(7-12(9)16)14(18)15(2)8-13(17)10-5-6-10/h3-4,7,10,13,16-17H,5-6,8H2,1-2H3. The molecule has 0 aliphatic heterocycles. The van der Waals surface area contributed by atoms with Crippen LogP contribution < -0.4 is 0 Å². The van der Waals surface area contributed by atoms with Gasteiger partial charge in [-0.25, -0.2) is 0 Å². The monoisotopic (exact) mass is 249 g/mol. The summed E-state index contributed by atoms with van der Waals surface area (Å²) in [6.07, 6.45) is 1.67. The summed E-state index contributed by atoms with van der Waals surface area (Å²) < 4.78 is 0. The van der Waals surface area contributed by atoms with E-state index in [2.05, 4.69) is 0 Å². The minimum absolute atomic E-state index is 0.122. The van der Waals surface area contributed by atoms with Crippen LogP contribution in [0.3, 0.4) is 0 Å². The lowest BCUT2D eigenvalue weighted by molar-refractivity contribution is 0.0645. The van der Waals surface area contributed by atoms with E-state index in [1.54, 1.807) is 26.1 Å². The fourth-order valence-electron chi connectivity index (χ4n) is 1.96. The summed E-state index contributed by atoms with van der Waals surface area (Å²) in [6, 6.07) is 4.88. The Morgan fingerprint density at radius 1 is 1.50 bits per heavy atom. The number of nitrogens with zero attached hydrogens (tertiary/aromatic N) is 1. The van der Waals surface area contributed by atoms with E-state index in [9.17, 15) is 15.0 Å². The second-order valence-electron chi connectivity index (χ2n) is 5.09. The van der Waals surface area contributed by atoms with E-state index in [0.29, 0.717) is 18.0 Å². The van der Waals surface area contributed by atoms with Crippen LogP contribution in [0, 0.1) is 12.8 Å². The van der Waals surface area contributed by atoms with Gasteiger partial charge in [0, 0.05) is 19.2 Å². The zero-order valence-corrected chi connectivity index (χ0v) is 10.8. The molecule has 0 heterocycles. The predicted molar refractivity (Wildman–Crippen MR) is 68.5 cm³/mol. The summed E-state index contributed by atoms with van der Waals surface area (Å²) in [4.78, 5) is 13.6. The predicted octanol–water partition coefficient (Wildman–Crippen LogP) is 1.54. The third-order valence-corrected chi connectivity index (χ3v) is 3.43. The van der Waals surface area contributed by atoms with Crippen molar-refractivity contribution in [1.82, 2.24) is 4.90 Å². The molecule has 0 bridgehead atoms. The molecule has 0 spiro atoms. The van der Waals surface area contributed by atoms with E-state index in [-0.39, 0.29) is 11.7 Å². The number of likely N-dealkylation sites (N-methyl/N-ethyl adjacent to an activating group) is 1. The van der Waals surface area contributed by atoms with E-state index in [4.69, 9.17) is 0 Å². The van der Waals surface area contributed by atoms with Gasteiger partial charge in [-0.2, -0.15) is 0 Å². The number of aliphatic hydroxyl groups excluding tert-OH is 1. The van der Waals surface area contributed by atoms with Gasteiger partial charge >= 0.3 is 0 Å². The fourth-order valence-corrected chi connectivity index (χ4v) is 1.96. The highest BCUT2D eigenvalue weighted by Gasteiger charge is 2.31. The third kappa shape index (κ3) is 2.82. The molecule has 1 amide bonds. The quantitative estimate of drug-likeness (QED) is 0.851. The summed E-state index contributed by atoms with van der Waals surface area (Å²) in [5.74, 6) is 0.300. The van der Waals surface area contributed by atoms with Gasteiger partial charge < -0.3 is 15.1 Å². The third-order valence-electron chi connectivity index (χ3n) is 3.43. The lowest BCUT2D eigenvalue weighted by Crippen LogP contribution is -2.35. The molecular weight excluding hydrogens is 230 g/mol. The molecule has 0 radical (unpaired) electrons. The summed E-state index contributed by atoms with van der Waals surface area (Å²) in [5.41, 5.74) is 1.19. The van der Waals surface area contributed by atoms with Gasteiger partial charge in [0.1, 0.15) is 5.75 Å². The molecule has 1 atom stereocenters. The average molecular weight is 249 g/mol. The van der Waals surface area contributed by atoms with Crippen molar-refractivity contribution in [2.75, 3.05) is 13.6 Å². The van der Waals surface area contributed by atoms with Crippen molar-refractivity contribution in [3.8, 4) is 5.75 Å². The van der Waals surface area contributed by atoms with E-state index >= 15 is 0 Å². The first-order valence-corrected chi connectivity index (χ1v) is 6.22. The fraction of sp³-hybridized carbons (Fsp3) is 0.500. The summed E-state index contributed by atoms with van der Waals surface area (Å²) in [5, 5.41) is 19.4. The largest absolute Gasteiger partial charge is 0.508 e. The number of aromatic hydroxyl groups is 1. The van der Waals surface area contributed by atoms with Crippen molar-refractivity contribution in [2.45, 2.75) is 25.9 Å². The van der Waals surface area contributed by atoms with Crippen LogP contribution in [0.1, 0.15) is 28.8 Å². The maximum absolute atomic E-state index is 12.1. The molecule has 4 heteroatoms. The summed E-state index contributed by atoms with van der Waals surface area (Å²) in [7, 11) is 1.67. The highest BCUT2D eigenvalue weighted by atomic mass is 16.3. The minimum atomic E-state index is -0.432. The van der Waals surface area contributed by atoms with E-state index in [1.165, 1.54) is 11.0 Å². The second kappa shape index (κ2) is 4.98. The van der Waals surface area contributed by atoms with Gasteiger partial charge in [-0.1, -0.05) is 6.07 Å². The molecule has 1 unspecified atom stereocenters. The number of aryl methyl sites for hydroxylation is 1. The zero-order valence-electron chi connectivity index (χ0n) is 10.8. The van der Waals surface area contributed by atoms with E-state index in [1.807, 2.05) is 0 Å². The number of carbonyl (C=O) groups is 1. The Morgan fingerprint density at radius 3 is 2.72 bits per heavy atom. The van der Waals surface area contributed by atoms with Crippen LogP contribution in [0.25, 0.3) is 0 Å². The minimum Gasteiger partial charge on any atom is -0.508 e. The second-order valence-corrected chi connectivity index (χ2v) is 5.09. The molecule has 2 rings (SSSR count). The number of carbonyl (C=O) groups excluding carboxylic acids is 1. The van der Waals surface area contributed by atoms with E-state index < -0.39 is 6.10 Å². The number of benzene rings is 1. The normalized spacial score (nSPS) is 16.4. The molecule has 0 saturated heterocycles. The smallest absolute Gasteiger partial charge is 0.253 e. The molecule has 1 aromatic rings. The van der Waals surface area contributed by atoms with Crippen molar-refractivity contribution in [2.24, 2.45) is 5.92 Å². The Hall–Kier alpha value is -1.55. The first kappa shape index (κ1) is 12.9. The van der Waals surface area contributed by atoms with Gasteiger partial charge in [0.2, 0.25) is 0 Å². The highest BCUT2D eigenvalue weighted by Crippen LogP contribution is 2.32. The molecule has 18 heavy (non-hydrogen) atoms. The van der Waals surface area contributed by atoms with Gasteiger partial charge in [0.15, 0.2) is 0 Å². The van der Waals surface area contributed by atoms with Crippen LogP contribution >= 0.6 is 0 Å². The topological polar surface area (TPSA) is 60.8 Å². The van der Waals surface area contributed by atoms with Crippen molar-refractivity contribution in [1.29, 1.82) is 0 Å². The zero-order chi connectivity index (χ0) is 13.3. The van der Waals surface area contributed by atoms with Crippen molar-refractivity contribution in [3.63, 3.8) is 0 Å². The van der Waals surface area contributed by atoms with Crippen LogP contribution in [0.15, 0.2) is 18.2 Å². The number of hydrogen-bond donors (Lipinski definition) is 2. The molecule has 1 aromatic carbocycles. The molecule has 1 aliphatic carbocycles. The number of aliphatic hydroxyl groups is 1. The lowest BCUT2D eigenvalue weighted by atomic mass is 10.1. The number of amides is 1. The Kier molecular flexibility index (Phi) is 3.57. The Balaban J connectivity index is 2.02. The number of phenolic OH excluding ortho intramolecular Hbond substituents is 1. The van der Waals surface area contributed by atoms with Crippen LogP contribution in [0.4, 0.5) is 0 Å². The number of rotatable bonds is 4. The first-order chi connectivity index (χ1) is 8.49. The molecule has 98 valence electrons.